The summed E-state index contributed by atoms with van der Waals surface area (Å²) in [6.45, 7) is 7.48. The number of amides is 1. The Morgan fingerprint density at radius 2 is 1.97 bits per heavy atom. The quantitative estimate of drug-likeness (QED) is 0.648. The molecule has 0 bridgehead atoms. The highest BCUT2D eigenvalue weighted by molar-refractivity contribution is 5.79. The van der Waals surface area contributed by atoms with Crippen LogP contribution in [0.15, 0.2) is 47.1 Å². The molecule has 3 aromatic rings. The van der Waals surface area contributed by atoms with Crippen molar-refractivity contribution in [3.05, 3.63) is 59.6 Å². The van der Waals surface area contributed by atoms with E-state index in [4.69, 9.17) is 4.52 Å². The van der Waals surface area contributed by atoms with Crippen LogP contribution in [-0.4, -0.2) is 34.1 Å². The number of pyridine rings is 1. The lowest BCUT2D eigenvalue weighted by Crippen LogP contribution is -2.41. The summed E-state index contributed by atoms with van der Waals surface area (Å²) in [5, 5.41) is 7.23. The van der Waals surface area contributed by atoms with E-state index < -0.39 is 0 Å². The molecule has 0 aliphatic carbocycles. The number of rotatable bonds is 6. The first-order valence-corrected chi connectivity index (χ1v) is 10.9. The Hall–Kier alpha value is -3.22. The fourth-order valence-electron chi connectivity index (χ4n) is 4.04. The van der Waals surface area contributed by atoms with Crippen LogP contribution in [0.4, 0.5) is 5.82 Å². The van der Waals surface area contributed by atoms with Crippen LogP contribution >= 0.6 is 0 Å². The van der Waals surface area contributed by atoms with Gasteiger partial charge in [-0.2, -0.15) is 4.98 Å². The van der Waals surface area contributed by atoms with E-state index in [2.05, 4.69) is 56.5 Å². The maximum Gasteiger partial charge on any atom is 0.223 e. The topological polar surface area (TPSA) is 84.2 Å². The van der Waals surface area contributed by atoms with Crippen molar-refractivity contribution in [1.82, 2.24) is 20.4 Å². The molecule has 1 fully saturated rings. The molecule has 0 saturated carbocycles. The fraction of sp³-hybridized carbons (Fsp3) is 0.417. The summed E-state index contributed by atoms with van der Waals surface area (Å²) >= 11 is 0. The zero-order chi connectivity index (χ0) is 21.8. The molecule has 0 radical (unpaired) electrons. The van der Waals surface area contributed by atoms with Crippen LogP contribution in [0.5, 0.6) is 0 Å². The first kappa shape index (κ1) is 21.0. The highest BCUT2D eigenvalue weighted by Gasteiger charge is 2.28. The van der Waals surface area contributed by atoms with E-state index >= 15 is 0 Å². The van der Waals surface area contributed by atoms with Gasteiger partial charge in [0.2, 0.25) is 17.6 Å². The highest BCUT2D eigenvalue weighted by atomic mass is 16.5. The van der Waals surface area contributed by atoms with Crippen molar-refractivity contribution in [3.8, 4) is 11.4 Å². The van der Waals surface area contributed by atoms with E-state index in [1.54, 1.807) is 13.1 Å². The standard InChI is InChI=1S/C24H29N5O2/c1-4-18-7-9-19(10-8-18)16(2)26-24(30)20-11-14-29(15-12-20)23-21(6-5-13-25-23)22-27-17(3)31-28-22/h5-10,13,16,20H,4,11-12,14-15H2,1-3H3,(H,26,30)/t16-/m1/s1. The van der Waals surface area contributed by atoms with Gasteiger partial charge >= 0.3 is 0 Å². The summed E-state index contributed by atoms with van der Waals surface area (Å²) in [6, 6.07) is 12.3. The van der Waals surface area contributed by atoms with E-state index in [9.17, 15) is 4.79 Å². The van der Waals surface area contributed by atoms with E-state index in [-0.39, 0.29) is 17.9 Å². The van der Waals surface area contributed by atoms with Gasteiger partial charge < -0.3 is 14.7 Å². The second-order valence-corrected chi connectivity index (χ2v) is 8.10. The van der Waals surface area contributed by atoms with Gasteiger partial charge in [-0.15, -0.1) is 0 Å². The average molecular weight is 420 g/mol. The van der Waals surface area contributed by atoms with Crippen LogP contribution in [0.25, 0.3) is 11.4 Å². The van der Waals surface area contributed by atoms with E-state index in [0.717, 1.165) is 49.3 Å². The molecular formula is C24H29N5O2. The number of anilines is 1. The number of benzene rings is 1. The van der Waals surface area contributed by atoms with Crippen molar-refractivity contribution in [1.29, 1.82) is 0 Å². The van der Waals surface area contributed by atoms with Crippen molar-refractivity contribution in [3.63, 3.8) is 0 Å². The maximum absolute atomic E-state index is 12.9. The van der Waals surface area contributed by atoms with E-state index in [1.807, 2.05) is 19.1 Å². The maximum atomic E-state index is 12.9. The Morgan fingerprint density at radius 3 is 2.61 bits per heavy atom. The number of piperidine rings is 1. The molecule has 3 heterocycles. The van der Waals surface area contributed by atoms with Gasteiger partial charge in [-0.3, -0.25) is 4.79 Å². The van der Waals surface area contributed by atoms with Crippen LogP contribution in [0.1, 0.15) is 49.7 Å². The first-order chi connectivity index (χ1) is 15.0. The number of carbonyl (C=O) groups is 1. The van der Waals surface area contributed by atoms with Crippen molar-refractivity contribution in [2.24, 2.45) is 5.92 Å². The molecule has 1 saturated heterocycles. The third-order valence-electron chi connectivity index (χ3n) is 5.97. The molecular weight excluding hydrogens is 390 g/mol. The van der Waals surface area contributed by atoms with E-state index in [0.29, 0.717) is 11.7 Å². The molecule has 1 aliphatic heterocycles. The summed E-state index contributed by atoms with van der Waals surface area (Å²) in [6.07, 6.45) is 4.36. The lowest BCUT2D eigenvalue weighted by molar-refractivity contribution is -0.126. The molecule has 0 unspecified atom stereocenters. The van der Waals surface area contributed by atoms with Crippen LogP contribution in [0.2, 0.25) is 0 Å². The van der Waals surface area contributed by atoms with Gasteiger partial charge in [-0.25, -0.2) is 4.98 Å². The smallest absolute Gasteiger partial charge is 0.223 e. The number of nitrogens with one attached hydrogen (secondary N) is 1. The van der Waals surface area contributed by atoms with Crippen LogP contribution < -0.4 is 10.2 Å². The van der Waals surface area contributed by atoms with Gasteiger partial charge in [0.1, 0.15) is 5.82 Å². The predicted molar refractivity (Wildman–Crippen MR) is 120 cm³/mol. The third-order valence-corrected chi connectivity index (χ3v) is 5.97. The fourth-order valence-corrected chi connectivity index (χ4v) is 4.04. The molecule has 1 aliphatic rings. The number of aryl methyl sites for hydroxylation is 2. The Labute approximate surface area is 182 Å². The van der Waals surface area contributed by atoms with Gasteiger partial charge in [-0.1, -0.05) is 36.3 Å². The molecule has 7 heteroatoms. The predicted octanol–water partition coefficient (Wildman–Crippen LogP) is 4.10. The van der Waals surface area contributed by atoms with Gasteiger partial charge in [0.05, 0.1) is 11.6 Å². The van der Waals surface area contributed by atoms with Crippen molar-refractivity contribution >= 4 is 11.7 Å². The van der Waals surface area contributed by atoms with Crippen LogP contribution in [0, 0.1) is 12.8 Å². The highest BCUT2D eigenvalue weighted by Crippen LogP contribution is 2.30. The Morgan fingerprint density at radius 1 is 1.23 bits per heavy atom. The summed E-state index contributed by atoms with van der Waals surface area (Å²) in [5.74, 6) is 2.04. The second kappa shape index (κ2) is 9.29. The Balaban J connectivity index is 1.37. The molecule has 31 heavy (non-hydrogen) atoms. The summed E-state index contributed by atoms with van der Waals surface area (Å²) in [5.41, 5.74) is 3.29. The molecule has 7 nitrogen and oxygen atoms in total. The average Bonchev–Trinajstić information content (AvgIpc) is 3.25. The van der Waals surface area contributed by atoms with Crippen LogP contribution in [-0.2, 0) is 11.2 Å². The number of carbonyl (C=O) groups excluding carboxylic acids is 1. The molecule has 4 rings (SSSR count). The lowest BCUT2D eigenvalue weighted by Gasteiger charge is -2.33. The number of hydrogen-bond acceptors (Lipinski definition) is 6. The molecule has 1 aromatic carbocycles. The number of nitrogens with zero attached hydrogens (tertiary/aromatic N) is 4. The SMILES string of the molecule is CCc1ccc([C@@H](C)NC(=O)C2CCN(c3ncccc3-c3noc(C)n3)CC2)cc1. The summed E-state index contributed by atoms with van der Waals surface area (Å²) < 4.78 is 5.14. The second-order valence-electron chi connectivity index (χ2n) is 8.10. The zero-order valence-electron chi connectivity index (χ0n) is 18.3. The van der Waals surface area contributed by atoms with Crippen molar-refractivity contribution in [2.75, 3.05) is 18.0 Å². The lowest BCUT2D eigenvalue weighted by atomic mass is 9.94. The minimum atomic E-state index is 0.000285. The number of hydrogen-bond donors (Lipinski definition) is 1. The van der Waals surface area contributed by atoms with Gasteiger partial charge in [0.25, 0.3) is 0 Å². The summed E-state index contributed by atoms with van der Waals surface area (Å²) in [7, 11) is 0. The first-order valence-electron chi connectivity index (χ1n) is 10.9. The molecule has 1 amide bonds. The monoisotopic (exact) mass is 419 g/mol. The molecule has 0 spiro atoms. The number of aromatic nitrogens is 3. The molecule has 1 atom stereocenters. The van der Waals surface area contributed by atoms with E-state index in [1.165, 1.54) is 5.56 Å². The zero-order valence-corrected chi connectivity index (χ0v) is 18.3. The molecule has 2 aromatic heterocycles. The minimum absolute atomic E-state index is 0.000285. The minimum Gasteiger partial charge on any atom is -0.356 e. The van der Waals surface area contributed by atoms with Crippen molar-refractivity contribution in [2.45, 2.75) is 46.1 Å². The Bertz CT molecular complexity index is 1020. The van der Waals surface area contributed by atoms with Gasteiger partial charge in [-0.05, 0) is 49.4 Å². The van der Waals surface area contributed by atoms with Gasteiger partial charge in [0, 0.05) is 32.1 Å². The molecule has 162 valence electrons. The van der Waals surface area contributed by atoms with Crippen LogP contribution in [0.3, 0.4) is 0 Å². The van der Waals surface area contributed by atoms with Crippen molar-refractivity contribution < 1.29 is 9.32 Å². The Kier molecular flexibility index (Phi) is 6.30. The summed E-state index contributed by atoms with van der Waals surface area (Å²) in [4.78, 5) is 24.0. The largest absolute Gasteiger partial charge is 0.356 e. The normalized spacial score (nSPS) is 15.6. The van der Waals surface area contributed by atoms with Gasteiger partial charge in [0.15, 0.2) is 0 Å². The molecule has 1 N–H and O–H groups in total. The third kappa shape index (κ3) is 4.76.